The van der Waals surface area contributed by atoms with Crippen molar-refractivity contribution in [3.63, 3.8) is 0 Å². The number of halogens is 1. The van der Waals surface area contributed by atoms with Gasteiger partial charge in [-0.2, -0.15) is 12.7 Å². The van der Waals surface area contributed by atoms with Gasteiger partial charge in [0.15, 0.2) is 6.04 Å². The fourth-order valence-electron chi connectivity index (χ4n) is 4.20. The summed E-state index contributed by atoms with van der Waals surface area (Å²) in [5.74, 6) is -3.00. The minimum Gasteiger partial charge on any atom is -0.480 e. The highest BCUT2D eigenvalue weighted by Gasteiger charge is 2.47. The van der Waals surface area contributed by atoms with Crippen molar-refractivity contribution in [1.29, 1.82) is 0 Å². The molecule has 1 aliphatic heterocycles. The summed E-state index contributed by atoms with van der Waals surface area (Å²) in [6.07, 6.45) is 2.60. The Kier molecular flexibility index (Phi) is 7.99. The molecule has 1 saturated heterocycles. The SMILES string of the molecule is CC(C)(C)OC(=O)C(c1cncc(F)c1)N(c1ccc(C(C)(C)C)cc1)S(=O)(=O)N1CCC[C@@H]1C(=O)O. The van der Waals surface area contributed by atoms with Gasteiger partial charge in [0.05, 0.1) is 11.9 Å². The Labute approximate surface area is 217 Å². The molecule has 2 heterocycles. The van der Waals surface area contributed by atoms with Crippen LogP contribution in [0.1, 0.15) is 71.6 Å². The normalized spacial score (nSPS) is 17.9. The van der Waals surface area contributed by atoms with Crippen molar-refractivity contribution in [2.75, 3.05) is 10.8 Å². The number of ether oxygens (including phenoxy) is 1. The van der Waals surface area contributed by atoms with Crippen LogP contribution in [0.3, 0.4) is 0 Å². The molecule has 202 valence electrons. The molecule has 0 radical (unpaired) electrons. The minimum absolute atomic E-state index is 0.0433. The number of hydrogen-bond donors (Lipinski definition) is 1. The number of carboxylic acids is 1. The number of anilines is 1. The Morgan fingerprint density at radius 1 is 1.14 bits per heavy atom. The second kappa shape index (κ2) is 10.4. The summed E-state index contributed by atoms with van der Waals surface area (Å²) in [6.45, 7) is 10.8. The van der Waals surface area contributed by atoms with Gasteiger partial charge in [0.25, 0.3) is 0 Å². The van der Waals surface area contributed by atoms with Crippen LogP contribution in [0, 0.1) is 5.82 Å². The first-order valence-corrected chi connectivity index (χ1v) is 13.4. The third kappa shape index (κ3) is 6.45. The van der Waals surface area contributed by atoms with Crippen molar-refractivity contribution in [1.82, 2.24) is 9.29 Å². The maximum absolute atomic E-state index is 14.3. The zero-order chi connectivity index (χ0) is 27.8. The lowest BCUT2D eigenvalue weighted by atomic mass is 9.87. The van der Waals surface area contributed by atoms with Gasteiger partial charge in [-0.3, -0.25) is 9.78 Å². The van der Waals surface area contributed by atoms with E-state index in [2.05, 4.69) is 4.98 Å². The van der Waals surface area contributed by atoms with Gasteiger partial charge < -0.3 is 9.84 Å². The van der Waals surface area contributed by atoms with E-state index in [0.29, 0.717) is 6.42 Å². The number of esters is 1. The van der Waals surface area contributed by atoms with E-state index in [4.69, 9.17) is 4.74 Å². The summed E-state index contributed by atoms with van der Waals surface area (Å²) in [5, 5.41) is 9.70. The van der Waals surface area contributed by atoms with Gasteiger partial charge in [0, 0.05) is 18.3 Å². The number of benzene rings is 1. The Balaban J connectivity index is 2.27. The van der Waals surface area contributed by atoms with E-state index < -0.39 is 45.6 Å². The summed E-state index contributed by atoms with van der Waals surface area (Å²) >= 11 is 0. The van der Waals surface area contributed by atoms with Gasteiger partial charge in [-0.05, 0) is 62.8 Å². The lowest BCUT2D eigenvalue weighted by molar-refractivity contribution is -0.156. The Hall–Kier alpha value is -3.05. The summed E-state index contributed by atoms with van der Waals surface area (Å²) in [5.41, 5.74) is -0.256. The molecule has 0 aliphatic carbocycles. The third-order valence-electron chi connectivity index (χ3n) is 5.93. The summed E-state index contributed by atoms with van der Waals surface area (Å²) in [6, 6.07) is 4.64. The van der Waals surface area contributed by atoms with Gasteiger partial charge >= 0.3 is 22.1 Å². The van der Waals surface area contributed by atoms with Crippen molar-refractivity contribution >= 4 is 27.8 Å². The van der Waals surface area contributed by atoms with Crippen LogP contribution < -0.4 is 4.31 Å². The van der Waals surface area contributed by atoms with E-state index in [1.165, 1.54) is 6.20 Å². The predicted molar refractivity (Wildman–Crippen MR) is 137 cm³/mol. The molecule has 1 fully saturated rings. The molecule has 2 aromatic rings. The fraction of sp³-hybridized carbons (Fsp3) is 0.500. The molecular formula is C26H34FN3O6S. The molecule has 9 nitrogen and oxygen atoms in total. The topological polar surface area (TPSA) is 117 Å². The largest absolute Gasteiger partial charge is 0.480 e. The van der Waals surface area contributed by atoms with E-state index in [1.54, 1.807) is 45.0 Å². The van der Waals surface area contributed by atoms with Crippen LogP contribution in [0.4, 0.5) is 10.1 Å². The quantitative estimate of drug-likeness (QED) is 0.528. The standard InChI is InChI=1S/C26H34FN3O6S/c1-25(2,3)18-9-11-20(12-10-18)30(37(34,35)29-13-7-8-21(29)23(31)32)22(24(33)36-26(4,5)6)17-14-19(27)16-28-15-17/h9-12,14-16,21-22H,7-8,13H2,1-6H3,(H,31,32)/t21-,22?/m1/s1. The summed E-state index contributed by atoms with van der Waals surface area (Å²) in [4.78, 5) is 29.3. The Morgan fingerprint density at radius 3 is 2.27 bits per heavy atom. The average Bonchev–Trinajstić information content (AvgIpc) is 3.27. The number of hydrogen-bond acceptors (Lipinski definition) is 6. The average molecular weight is 536 g/mol. The van der Waals surface area contributed by atoms with Gasteiger partial charge in [-0.25, -0.2) is 13.5 Å². The number of carbonyl (C=O) groups excluding carboxylic acids is 1. The summed E-state index contributed by atoms with van der Waals surface area (Å²) < 4.78 is 49.9. The first-order valence-electron chi connectivity index (χ1n) is 12.0. The smallest absolute Gasteiger partial charge is 0.335 e. The number of aromatic nitrogens is 1. The number of rotatable bonds is 7. The molecule has 0 bridgehead atoms. The zero-order valence-electron chi connectivity index (χ0n) is 21.9. The first kappa shape index (κ1) is 28.5. The molecule has 0 amide bonds. The minimum atomic E-state index is -4.62. The van der Waals surface area contributed by atoms with E-state index in [1.807, 2.05) is 20.8 Å². The van der Waals surface area contributed by atoms with Crippen molar-refractivity contribution in [3.05, 3.63) is 59.7 Å². The molecule has 0 spiro atoms. The molecule has 37 heavy (non-hydrogen) atoms. The molecule has 1 unspecified atom stereocenters. The Morgan fingerprint density at radius 2 is 1.76 bits per heavy atom. The number of pyridine rings is 1. The molecule has 1 aromatic heterocycles. The predicted octanol–water partition coefficient (Wildman–Crippen LogP) is 4.20. The molecule has 3 rings (SSSR count). The lowest BCUT2D eigenvalue weighted by Gasteiger charge is -2.36. The van der Waals surface area contributed by atoms with Crippen LogP contribution in [0.5, 0.6) is 0 Å². The van der Waals surface area contributed by atoms with E-state index >= 15 is 0 Å². The van der Waals surface area contributed by atoms with Crippen molar-refractivity contribution < 1.29 is 32.2 Å². The zero-order valence-corrected chi connectivity index (χ0v) is 22.8. The molecule has 11 heteroatoms. The highest BCUT2D eigenvalue weighted by molar-refractivity contribution is 7.90. The van der Waals surface area contributed by atoms with Crippen molar-refractivity contribution in [2.24, 2.45) is 0 Å². The van der Waals surface area contributed by atoms with E-state index in [-0.39, 0.29) is 29.6 Å². The number of nitrogens with zero attached hydrogens (tertiary/aromatic N) is 3. The maximum atomic E-state index is 14.3. The maximum Gasteiger partial charge on any atom is 0.335 e. The van der Waals surface area contributed by atoms with Crippen molar-refractivity contribution in [3.8, 4) is 0 Å². The fourth-order valence-corrected chi connectivity index (χ4v) is 6.17. The molecule has 0 saturated carbocycles. The second-order valence-electron chi connectivity index (χ2n) is 11.1. The molecule has 1 aromatic carbocycles. The highest BCUT2D eigenvalue weighted by atomic mass is 32.2. The molecular weight excluding hydrogens is 501 g/mol. The van der Waals surface area contributed by atoms with Crippen LogP contribution in [-0.2, 0) is 30.0 Å². The monoisotopic (exact) mass is 535 g/mol. The van der Waals surface area contributed by atoms with Crippen LogP contribution in [0.2, 0.25) is 0 Å². The molecule has 2 atom stereocenters. The van der Waals surface area contributed by atoms with Crippen LogP contribution >= 0.6 is 0 Å². The van der Waals surface area contributed by atoms with Crippen LogP contribution in [0.15, 0.2) is 42.7 Å². The van der Waals surface area contributed by atoms with Gasteiger partial charge in [0.1, 0.15) is 17.5 Å². The van der Waals surface area contributed by atoms with Crippen LogP contribution in [0.25, 0.3) is 0 Å². The first-order chi connectivity index (χ1) is 17.0. The lowest BCUT2D eigenvalue weighted by Crippen LogP contribution is -2.52. The third-order valence-corrected chi connectivity index (χ3v) is 7.88. The van der Waals surface area contributed by atoms with Gasteiger partial charge in [-0.1, -0.05) is 32.9 Å². The number of aliphatic carboxylic acids is 1. The number of carboxylic acid groups (broad SMARTS) is 1. The van der Waals surface area contributed by atoms with E-state index in [0.717, 1.165) is 26.4 Å². The second-order valence-corrected chi connectivity index (χ2v) is 12.8. The van der Waals surface area contributed by atoms with Crippen molar-refractivity contribution in [2.45, 2.75) is 77.5 Å². The van der Waals surface area contributed by atoms with Crippen LogP contribution in [-0.4, -0.2) is 52.9 Å². The van der Waals surface area contributed by atoms with E-state index in [9.17, 15) is 27.5 Å². The Bertz CT molecular complexity index is 1250. The highest BCUT2D eigenvalue weighted by Crippen LogP contribution is 2.37. The van der Waals surface area contributed by atoms with Gasteiger partial charge in [0.2, 0.25) is 0 Å². The molecule has 1 N–H and O–H groups in total. The van der Waals surface area contributed by atoms with Gasteiger partial charge in [-0.15, -0.1) is 0 Å². The summed E-state index contributed by atoms with van der Waals surface area (Å²) in [7, 11) is -4.62. The number of carbonyl (C=O) groups is 2. The molecule has 1 aliphatic rings.